The van der Waals surface area contributed by atoms with E-state index in [2.05, 4.69) is 10.3 Å². The van der Waals surface area contributed by atoms with Crippen molar-refractivity contribution in [2.24, 2.45) is 0 Å². The molecule has 2 N–H and O–H groups in total. The quantitative estimate of drug-likeness (QED) is 0.405. The molecule has 1 aromatic rings. The molecule has 0 unspecified atom stereocenters. The van der Waals surface area contributed by atoms with Gasteiger partial charge in [-0.25, -0.2) is 9.78 Å². The van der Waals surface area contributed by atoms with Crippen LogP contribution in [-0.4, -0.2) is 40.7 Å². The summed E-state index contributed by atoms with van der Waals surface area (Å²) in [7, 11) is 0. The van der Waals surface area contributed by atoms with E-state index in [4.69, 9.17) is 9.84 Å². The van der Waals surface area contributed by atoms with Crippen molar-refractivity contribution in [2.45, 2.75) is 0 Å². The van der Waals surface area contributed by atoms with Crippen molar-refractivity contribution < 1.29 is 19.6 Å². The number of hydrogen-bond acceptors (Lipinski definition) is 6. The van der Waals surface area contributed by atoms with Gasteiger partial charge in [-0.1, -0.05) is 0 Å². The summed E-state index contributed by atoms with van der Waals surface area (Å²) in [5.74, 6) is -0.562. The Labute approximate surface area is 96.4 Å². The van der Waals surface area contributed by atoms with Gasteiger partial charge in [0.2, 0.25) is 0 Å². The number of nitrogens with zero attached hydrogens (tertiary/aromatic N) is 2. The van der Waals surface area contributed by atoms with Crippen molar-refractivity contribution >= 4 is 17.5 Å². The SMILES string of the molecule is O=C(O)COCCNc1ccc([N+](=O)[O-])cn1. The van der Waals surface area contributed by atoms with Crippen molar-refractivity contribution in [1.82, 2.24) is 4.98 Å². The van der Waals surface area contributed by atoms with Gasteiger partial charge in [-0.3, -0.25) is 10.1 Å². The van der Waals surface area contributed by atoms with Gasteiger partial charge < -0.3 is 15.2 Å². The third-order valence-electron chi connectivity index (χ3n) is 1.74. The second-order valence-electron chi connectivity index (χ2n) is 3.03. The third-order valence-corrected chi connectivity index (χ3v) is 1.74. The van der Waals surface area contributed by atoms with Gasteiger partial charge >= 0.3 is 5.97 Å². The molecule has 0 aliphatic rings. The van der Waals surface area contributed by atoms with E-state index in [0.717, 1.165) is 6.20 Å². The highest BCUT2D eigenvalue weighted by Crippen LogP contribution is 2.11. The number of rotatable bonds is 7. The van der Waals surface area contributed by atoms with Crippen LogP contribution in [0.1, 0.15) is 0 Å². The molecule has 17 heavy (non-hydrogen) atoms. The van der Waals surface area contributed by atoms with E-state index in [0.29, 0.717) is 12.4 Å². The maximum Gasteiger partial charge on any atom is 0.329 e. The average Bonchev–Trinajstić information content (AvgIpc) is 2.29. The number of anilines is 1. The minimum atomic E-state index is -1.03. The molecule has 0 amide bonds. The van der Waals surface area contributed by atoms with Crippen LogP contribution in [0.2, 0.25) is 0 Å². The Balaban J connectivity index is 2.27. The molecular formula is C9H11N3O5. The molecule has 1 rings (SSSR count). The zero-order valence-corrected chi connectivity index (χ0v) is 8.83. The molecule has 0 atom stereocenters. The number of aromatic nitrogens is 1. The first kappa shape index (κ1) is 12.8. The number of ether oxygens (including phenoxy) is 1. The Kier molecular flexibility index (Phi) is 4.82. The zero-order chi connectivity index (χ0) is 12.7. The number of nitrogens with one attached hydrogen (secondary N) is 1. The molecule has 0 saturated carbocycles. The van der Waals surface area contributed by atoms with Gasteiger partial charge in [0.15, 0.2) is 0 Å². The van der Waals surface area contributed by atoms with E-state index in [-0.39, 0.29) is 18.9 Å². The van der Waals surface area contributed by atoms with E-state index in [1.807, 2.05) is 0 Å². The number of aliphatic carboxylic acids is 1. The van der Waals surface area contributed by atoms with Crippen molar-refractivity contribution in [3.63, 3.8) is 0 Å². The lowest BCUT2D eigenvalue weighted by atomic mass is 10.4. The third kappa shape index (κ3) is 4.89. The van der Waals surface area contributed by atoms with Gasteiger partial charge in [0.1, 0.15) is 18.6 Å². The first-order valence-electron chi connectivity index (χ1n) is 4.73. The lowest BCUT2D eigenvalue weighted by Crippen LogP contribution is -2.14. The molecule has 1 heterocycles. The summed E-state index contributed by atoms with van der Waals surface area (Å²) in [4.78, 5) is 23.7. The predicted molar refractivity (Wildman–Crippen MR) is 57.8 cm³/mol. The summed E-state index contributed by atoms with van der Waals surface area (Å²) in [6.07, 6.45) is 1.14. The summed E-state index contributed by atoms with van der Waals surface area (Å²) in [5, 5.41) is 21.5. The minimum Gasteiger partial charge on any atom is -0.480 e. The van der Waals surface area contributed by atoms with E-state index >= 15 is 0 Å². The zero-order valence-electron chi connectivity index (χ0n) is 8.83. The van der Waals surface area contributed by atoms with Crippen LogP contribution in [0.25, 0.3) is 0 Å². The molecule has 92 valence electrons. The molecular weight excluding hydrogens is 230 g/mol. The highest BCUT2D eigenvalue weighted by Gasteiger charge is 2.04. The fraction of sp³-hybridized carbons (Fsp3) is 0.333. The van der Waals surface area contributed by atoms with E-state index < -0.39 is 10.9 Å². The topological polar surface area (TPSA) is 115 Å². The van der Waals surface area contributed by atoms with Crippen LogP contribution < -0.4 is 5.32 Å². The van der Waals surface area contributed by atoms with Crippen LogP contribution >= 0.6 is 0 Å². The van der Waals surface area contributed by atoms with Crippen LogP contribution in [0.3, 0.4) is 0 Å². The number of carbonyl (C=O) groups is 1. The van der Waals surface area contributed by atoms with Crippen molar-refractivity contribution in [2.75, 3.05) is 25.1 Å². The normalized spacial score (nSPS) is 9.88. The Bertz CT molecular complexity index is 392. The first-order valence-corrected chi connectivity index (χ1v) is 4.73. The molecule has 0 aliphatic carbocycles. The first-order chi connectivity index (χ1) is 8.09. The molecule has 0 aliphatic heterocycles. The van der Waals surface area contributed by atoms with Crippen LogP contribution in [-0.2, 0) is 9.53 Å². The minimum absolute atomic E-state index is 0.0855. The Morgan fingerprint density at radius 2 is 2.35 bits per heavy atom. The second kappa shape index (κ2) is 6.38. The Morgan fingerprint density at radius 3 is 2.88 bits per heavy atom. The summed E-state index contributed by atoms with van der Waals surface area (Å²) < 4.78 is 4.78. The summed E-state index contributed by atoms with van der Waals surface area (Å²) in [6.45, 7) is 0.235. The number of carboxylic acid groups (broad SMARTS) is 1. The molecule has 0 spiro atoms. The number of hydrogen-bond donors (Lipinski definition) is 2. The highest BCUT2D eigenvalue weighted by molar-refractivity contribution is 5.67. The summed E-state index contributed by atoms with van der Waals surface area (Å²) >= 11 is 0. The van der Waals surface area contributed by atoms with Crippen molar-refractivity contribution in [3.8, 4) is 0 Å². The fourth-order valence-corrected chi connectivity index (χ4v) is 1.01. The van der Waals surface area contributed by atoms with E-state index in [1.165, 1.54) is 12.1 Å². The smallest absolute Gasteiger partial charge is 0.329 e. The largest absolute Gasteiger partial charge is 0.480 e. The molecule has 8 nitrogen and oxygen atoms in total. The average molecular weight is 241 g/mol. The molecule has 8 heteroatoms. The Morgan fingerprint density at radius 1 is 1.59 bits per heavy atom. The van der Waals surface area contributed by atoms with Crippen molar-refractivity contribution in [1.29, 1.82) is 0 Å². The molecule has 0 radical (unpaired) electrons. The highest BCUT2D eigenvalue weighted by atomic mass is 16.6. The predicted octanol–water partition coefficient (Wildman–Crippen LogP) is 0.503. The maximum atomic E-state index is 10.3. The van der Waals surface area contributed by atoms with E-state index in [1.54, 1.807) is 0 Å². The van der Waals surface area contributed by atoms with Gasteiger partial charge in [0.05, 0.1) is 11.5 Å². The summed E-state index contributed by atoms with van der Waals surface area (Å²) in [6, 6.07) is 2.79. The lowest BCUT2D eigenvalue weighted by Gasteiger charge is -2.04. The van der Waals surface area contributed by atoms with Crippen LogP contribution in [0.4, 0.5) is 11.5 Å². The maximum absolute atomic E-state index is 10.3. The Hall–Kier alpha value is -2.22. The fourth-order valence-electron chi connectivity index (χ4n) is 1.01. The monoisotopic (exact) mass is 241 g/mol. The number of pyridine rings is 1. The number of carboxylic acids is 1. The lowest BCUT2D eigenvalue weighted by molar-refractivity contribution is -0.385. The molecule has 0 fully saturated rings. The number of nitro groups is 1. The molecule has 1 aromatic heterocycles. The van der Waals surface area contributed by atoms with Crippen LogP contribution in [0, 0.1) is 10.1 Å². The molecule has 0 saturated heterocycles. The van der Waals surface area contributed by atoms with Crippen molar-refractivity contribution in [3.05, 3.63) is 28.4 Å². The van der Waals surface area contributed by atoms with Gasteiger partial charge in [-0.05, 0) is 6.07 Å². The van der Waals surface area contributed by atoms with E-state index in [9.17, 15) is 14.9 Å². The van der Waals surface area contributed by atoms with Crippen LogP contribution in [0.5, 0.6) is 0 Å². The van der Waals surface area contributed by atoms with Gasteiger partial charge in [0.25, 0.3) is 5.69 Å². The summed E-state index contributed by atoms with van der Waals surface area (Å²) in [5.41, 5.74) is -0.0855. The second-order valence-corrected chi connectivity index (χ2v) is 3.03. The van der Waals surface area contributed by atoms with Gasteiger partial charge in [-0.2, -0.15) is 0 Å². The standard InChI is InChI=1S/C9H11N3O5/c13-9(14)6-17-4-3-10-8-2-1-7(5-11-8)12(15)16/h1-2,5H,3-4,6H2,(H,10,11)(H,13,14). The van der Waals surface area contributed by atoms with Crippen LogP contribution in [0.15, 0.2) is 18.3 Å². The van der Waals surface area contributed by atoms with Gasteiger partial charge in [-0.15, -0.1) is 0 Å². The molecule has 0 aromatic carbocycles. The van der Waals surface area contributed by atoms with Gasteiger partial charge in [0, 0.05) is 12.6 Å². The molecule has 0 bridgehead atoms.